The predicted molar refractivity (Wildman–Crippen MR) is 64.9 cm³/mol. The van der Waals surface area contributed by atoms with Crippen molar-refractivity contribution in [3.63, 3.8) is 0 Å². The molecule has 0 aromatic carbocycles. The van der Waals surface area contributed by atoms with Crippen molar-refractivity contribution in [2.75, 3.05) is 7.05 Å². The molecule has 0 N–H and O–H groups in total. The Bertz CT molecular complexity index is 544. The number of hydrogen-bond donors (Lipinski definition) is 0. The molecule has 0 aliphatic rings. The first-order chi connectivity index (χ1) is 8.60. The average molecular weight is 248 g/mol. The third kappa shape index (κ3) is 2.58. The Morgan fingerprint density at radius 1 is 1.56 bits per heavy atom. The number of carbonyl (C=O) groups excluding carboxylic acids is 1. The molecular weight excluding hydrogens is 232 g/mol. The molecule has 0 fully saturated rings. The van der Waals surface area contributed by atoms with Crippen molar-refractivity contribution in [1.82, 2.24) is 19.7 Å². The number of amides is 1. The average Bonchev–Trinajstić information content (AvgIpc) is 2.97. The summed E-state index contributed by atoms with van der Waals surface area (Å²) in [5.41, 5.74) is 1.32. The molecule has 2 rings (SSSR count). The van der Waals surface area contributed by atoms with Crippen LogP contribution in [0.25, 0.3) is 0 Å². The van der Waals surface area contributed by atoms with Crippen molar-refractivity contribution in [2.24, 2.45) is 7.05 Å². The zero-order valence-corrected chi connectivity index (χ0v) is 10.8. The standard InChI is InChI=1S/C12H16N4O2/c1-4-11-14-10(8-18-11)12(17)15(2)6-9-5-13-16(3)7-9/h5,7-8H,4,6H2,1-3H3. The second-order valence-electron chi connectivity index (χ2n) is 4.16. The highest BCUT2D eigenvalue weighted by atomic mass is 16.3. The Labute approximate surface area is 105 Å². The normalized spacial score (nSPS) is 10.6. The Kier molecular flexibility index (Phi) is 3.45. The number of hydrogen-bond acceptors (Lipinski definition) is 4. The van der Waals surface area contributed by atoms with E-state index in [1.165, 1.54) is 6.26 Å². The first kappa shape index (κ1) is 12.3. The van der Waals surface area contributed by atoms with Crippen molar-refractivity contribution in [1.29, 1.82) is 0 Å². The number of aromatic nitrogens is 3. The molecule has 0 aliphatic heterocycles. The third-order valence-corrected chi connectivity index (χ3v) is 2.60. The summed E-state index contributed by atoms with van der Waals surface area (Å²) >= 11 is 0. The molecule has 0 saturated carbocycles. The van der Waals surface area contributed by atoms with Gasteiger partial charge in [0.05, 0.1) is 6.20 Å². The SMILES string of the molecule is CCc1nc(C(=O)N(C)Cc2cnn(C)c2)co1. The maximum Gasteiger partial charge on any atom is 0.275 e. The Morgan fingerprint density at radius 2 is 2.33 bits per heavy atom. The number of oxazole rings is 1. The van der Waals surface area contributed by atoms with E-state index in [-0.39, 0.29) is 5.91 Å². The van der Waals surface area contributed by atoms with E-state index >= 15 is 0 Å². The lowest BCUT2D eigenvalue weighted by molar-refractivity contribution is 0.0779. The highest BCUT2D eigenvalue weighted by Gasteiger charge is 2.16. The molecule has 0 saturated heterocycles. The van der Waals surface area contributed by atoms with Gasteiger partial charge in [-0.15, -0.1) is 0 Å². The van der Waals surface area contributed by atoms with Crippen LogP contribution >= 0.6 is 0 Å². The number of aryl methyl sites for hydroxylation is 2. The Morgan fingerprint density at radius 3 is 2.89 bits per heavy atom. The molecule has 18 heavy (non-hydrogen) atoms. The molecule has 0 spiro atoms. The lowest BCUT2D eigenvalue weighted by Crippen LogP contribution is -2.26. The van der Waals surface area contributed by atoms with E-state index < -0.39 is 0 Å². The van der Waals surface area contributed by atoms with E-state index in [1.54, 1.807) is 22.8 Å². The van der Waals surface area contributed by atoms with Gasteiger partial charge < -0.3 is 9.32 Å². The van der Waals surface area contributed by atoms with Gasteiger partial charge in [-0.3, -0.25) is 9.48 Å². The molecule has 6 heteroatoms. The molecule has 0 unspecified atom stereocenters. The van der Waals surface area contributed by atoms with E-state index in [2.05, 4.69) is 10.1 Å². The van der Waals surface area contributed by atoms with Gasteiger partial charge in [0, 0.05) is 38.8 Å². The Hall–Kier alpha value is -2.11. The summed E-state index contributed by atoms with van der Waals surface area (Å²) in [5.74, 6) is 0.426. The second kappa shape index (κ2) is 5.03. The molecule has 96 valence electrons. The van der Waals surface area contributed by atoms with Gasteiger partial charge in [0.2, 0.25) is 0 Å². The van der Waals surface area contributed by atoms with Crippen LogP contribution in [0.5, 0.6) is 0 Å². The minimum atomic E-state index is -0.151. The zero-order chi connectivity index (χ0) is 13.1. The fourth-order valence-electron chi connectivity index (χ4n) is 1.67. The topological polar surface area (TPSA) is 64.2 Å². The van der Waals surface area contributed by atoms with E-state index in [0.717, 1.165) is 5.56 Å². The zero-order valence-electron chi connectivity index (χ0n) is 10.8. The molecule has 0 radical (unpaired) electrons. The molecule has 0 aliphatic carbocycles. The number of carbonyl (C=O) groups is 1. The van der Waals surface area contributed by atoms with Gasteiger partial charge in [-0.25, -0.2) is 4.98 Å². The van der Waals surface area contributed by atoms with Crippen LogP contribution in [0.2, 0.25) is 0 Å². The highest BCUT2D eigenvalue weighted by Crippen LogP contribution is 2.08. The van der Waals surface area contributed by atoms with Crippen LogP contribution in [0.4, 0.5) is 0 Å². The third-order valence-electron chi connectivity index (χ3n) is 2.60. The van der Waals surface area contributed by atoms with Crippen LogP contribution in [-0.2, 0) is 20.0 Å². The molecule has 2 aromatic heterocycles. The monoisotopic (exact) mass is 248 g/mol. The van der Waals surface area contributed by atoms with Crippen LogP contribution in [0.15, 0.2) is 23.1 Å². The van der Waals surface area contributed by atoms with Crippen molar-refractivity contribution in [2.45, 2.75) is 19.9 Å². The minimum Gasteiger partial charge on any atom is -0.448 e. The molecule has 6 nitrogen and oxygen atoms in total. The maximum atomic E-state index is 12.1. The lowest BCUT2D eigenvalue weighted by Gasteiger charge is -2.14. The van der Waals surface area contributed by atoms with Gasteiger partial charge in [-0.05, 0) is 0 Å². The van der Waals surface area contributed by atoms with E-state index in [1.807, 2.05) is 20.2 Å². The summed E-state index contributed by atoms with van der Waals surface area (Å²) in [6.07, 6.45) is 5.70. The van der Waals surface area contributed by atoms with Gasteiger partial charge in [-0.2, -0.15) is 5.10 Å². The second-order valence-corrected chi connectivity index (χ2v) is 4.16. The first-order valence-corrected chi connectivity index (χ1v) is 5.77. The largest absolute Gasteiger partial charge is 0.448 e. The van der Waals surface area contributed by atoms with Crippen LogP contribution in [0.3, 0.4) is 0 Å². The summed E-state index contributed by atoms with van der Waals surface area (Å²) in [7, 11) is 3.58. The van der Waals surface area contributed by atoms with Crippen molar-refractivity contribution >= 4 is 5.91 Å². The lowest BCUT2D eigenvalue weighted by atomic mass is 10.3. The van der Waals surface area contributed by atoms with Crippen molar-refractivity contribution < 1.29 is 9.21 Å². The fraction of sp³-hybridized carbons (Fsp3) is 0.417. The predicted octanol–water partition coefficient (Wildman–Crippen LogP) is 1.24. The number of rotatable bonds is 4. The summed E-state index contributed by atoms with van der Waals surface area (Å²) in [6, 6.07) is 0. The number of nitrogens with zero attached hydrogens (tertiary/aromatic N) is 4. The highest BCUT2D eigenvalue weighted by molar-refractivity contribution is 5.91. The van der Waals surface area contributed by atoms with Gasteiger partial charge >= 0.3 is 0 Å². The van der Waals surface area contributed by atoms with Gasteiger partial charge in [0.1, 0.15) is 6.26 Å². The van der Waals surface area contributed by atoms with E-state index in [4.69, 9.17) is 4.42 Å². The molecule has 2 aromatic rings. The Balaban J connectivity index is 2.04. The van der Waals surface area contributed by atoms with Gasteiger partial charge in [0.25, 0.3) is 5.91 Å². The van der Waals surface area contributed by atoms with Gasteiger partial charge in [0.15, 0.2) is 11.6 Å². The summed E-state index contributed by atoms with van der Waals surface area (Å²) in [6.45, 7) is 2.43. The quantitative estimate of drug-likeness (QED) is 0.816. The van der Waals surface area contributed by atoms with Crippen LogP contribution in [-0.4, -0.2) is 32.6 Å². The summed E-state index contributed by atoms with van der Waals surface area (Å²) in [5, 5.41) is 4.06. The molecule has 0 bridgehead atoms. The van der Waals surface area contributed by atoms with Crippen LogP contribution in [0, 0.1) is 0 Å². The smallest absolute Gasteiger partial charge is 0.275 e. The van der Waals surface area contributed by atoms with E-state index in [9.17, 15) is 4.79 Å². The molecule has 0 atom stereocenters. The molecular formula is C12H16N4O2. The van der Waals surface area contributed by atoms with E-state index in [0.29, 0.717) is 24.6 Å². The maximum absolute atomic E-state index is 12.1. The van der Waals surface area contributed by atoms with Gasteiger partial charge in [-0.1, -0.05) is 6.92 Å². The molecule has 2 heterocycles. The van der Waals surface area contributed by atoms with Crippen LogP contribution in [0.1, 0.15) is 28.9 Å². The molecule has 1 amide bonds. The summed E-state index contributed by atoms with van der Waals surface area (Å²) < 4.78 is 6.87. The van der Waals surface area contributed by atoms with Crippen LogP contribution < -0.4 is 0 Å². The fourth-order valence-corrected chi connectivity index (χ4v) is 1.67. The minimum absolute atomic E-state index is 0.151. The first-order valence-electron chi connectivity index (χ1n) is 5.77. The van der Waals surface area contributed by atoms with Crippen molar-refractivity contribution in [3.8, 4) is 0 Å². The summed E-state index contributed by atoms with van der Waals surface area (Å²) in [4.78, 5) is 17.8. The van der Waals surface area contributed by atoms with Crippen molar-refractivity contribution in [3.05, 3.63) is 35.8 Å².